The minimum absolute atomic E-state index is 0.0381. The standard InChI is InChI=1S/C16H19ClN2O2/c1-11(2)19(8-5-9-20)16(21)14-10-12-6-3-4-7-13(12)15(17)18-14/h3-4,6-7,10-11,20H,5,8-9H2,1-2H3. The van der Waals surface area contributed by atoms with Gasteiger partial charge in [0.2, 0.25) is 0 Å². The number of carbonyl (C=O) groups excluding carboxylic acids is 1. The van der Waals surface area contributed by atoms with Crippen molar-refractivity contribution in [3.8, 4) is 0 Å². The molecule has 5 heteroatoms. The van der Waals surface area contributed by atoms with Crippen molar-refractivity contribution in [2.75, 3.05) is 13.2 Å². The summed E-state index contributed by atoms with van der Waals surface area (Å²) in [6.45, 7) is 4.44. The van der Waals surface area contributed by atoms with Crippen LogP contribution in [0.3, 0.4) is 0 Å². The van der Waals surface area contributed by atoms with Crippen molar-refractivity contribution in [1.82, 2.24) is 9.88 Å². The first-order valence-corrected chi connectivity index (χ1v) is 7.39. The predicted molar refractivity (Wildman–Crippen MR) is 84.6 cm³/mol. The SMILES string of the molecule is CC(C)N(CCCO)C(=O)c1cc2ccccc2c(Cl)n1. The molecule has 0 radical (unpaired) electrons. The number of hydrogen-bond donors (Lipinski definition) is 1. The fraction of sp³-hybridized carbons (Fsp3) is 0.375. The van der Waals surface area contributed by atoms with E-state index in [0.717, 1.165) is 10.8 Å². The molecule has 1 heterocycles. The van der Waals surface area contributed by atoms with Gasteiger partial charge in [0, 0.05) is 24.6 Å². The second kappa shape index (κ2) is 6.87. The van der Waals surface area contributed by atoms with Crippen LogP contribution in [0, 0.1) is 0 Å². The van der Waals surface area contributed by atoms with Gasteiger partial charge in [0.05, 0.1) is 0 Å². The Hall–Kier alpha value is -1.65. The van der Waals surface area contributed by atoms with Gasteiger partial charge in [0.15, 0.2) is 0 Å². The monoisotopic (exact) mass is 306 g/mol. The molecule has 0 aliphatic heterocycles. The number of aliphatic hydroxyl groups excluding tert-OH is 1. The van der Waals surface area contributed by atoms with E-state index in [4.69, 9.17) is 16.7 Å². The van der Waals surface area contributed by atoms with Crippen LogP contribution < -0.4 is 0 Å². The van der Waals surface area contributed by atoms with Gasteiger partial charge in [0.1, 0.15) is 10.8 Å². The molecule has 2 rings (SSSR count). The zero-order valence-electron chi connectivity index (χ0n) is 12.2. The average Bonchev–Trinajstić information content (AvgIpc) is 2.47. The highest BCUT2D eigenvalue weighted by atomic mass is 35.5. The summed E-state index contributed by atoms with van der Waals surface area (Å²) in [7, 11) is 0. The summed E-state index contributed by atoms with van der Waals surface area (Å²) in [6.07, 6.45) is 0.547. The van der Waals surface area contributed by atoms with E-state index < -0.39 is 0 Å². The van der Waals surface area contributed by atoms with E-state index in [1.165, 1.54) is 0 Å². The van der Waals surface area contributed by atoms with Gasteiger partial charge in [-0.2, -0.15) is 0 Å². The molecule has 0 fully saturated rings. The average molecular weight is 307 g/mol. The lowest BCUT2D eigenvalue weighted by atomic mass is 10.1. The second-order valence-corrected chi connectivity index (χ2v) is 5.55. The molecule has 0 unspecified atom stereocenters. The Kier molecular flexibility index (Phi) is 5.15. The maximum atomic E-state index is 12.6. The number of fused-ring (bicyclic) bond motifs is 1. The van der Waals surface area contributed by atoms with Gasteiger partial charge in [-0.3, -0.25) is 4.79 Å². The van der Waals surface area contributed by atoms with Gasteiger partial charge in [0.25, 0.3) is 5.91 Å². The highest BCUT2D eigenvalue weighted by molar-refractivity contribution is 6.34. The van der Waals surface area contributed by atoms with Crippen LogP contribution in [0.1, 0.15) is 30.8 Å². The van der Waals surface area contributed by atoms with Gasteiger partial charge in [-0.05, 0) is 31.7 Å². The molecule has 0 saturated carbocycles. The lowest BCUT2D eigenvalue weighted by Crippen LogP contribution is -2.38. The van der Waals surface area contributed by atoms with Gasteiger partial charge in [-0.15, -0.1) is 0 Å². The van der Waals surface area contributed by atoms with Gasteiger partial charge >= 0.3 is 0 Å². The Morgan fingerprint density at radius 1 is 1.38 bits per heavy atom. The number of rotatable bonds is 5. The number of aromatic nitrogens is 1. The first kappa shape index (κ1) is 15.7. The molecule has 1 N–H and O–H groups in total. The minimum atomic E-state index is -0.161. The van der Waals surface area contributed by atoms with Crippen molar-refractivity contribution in [2.45, 2.75) is 26.3 Å². The lowest BCUT2D eigenvalue weighted by Gasteiger charge is -2.26. The maximum absolute atomic E-state index is 12.6. The Bertz CT molecular complexity index is 643. The summed E-state index contributed by atoms with van der Waals surface area (Å²) < 4.78 is 0. The molecule has 1 amide bonds. The van der Waals surface area contributed by atoms with E-state index in [2.05, 4.69) is 4.98 Å². The molecule has 0 bridgehead atoms. The molecule has 0 spiro atoms. The Morgan fingerprint density at radius 3 is 2.76 bits per heavy atom. The number of nitrogens with zero attached hydrogens (tertiary/aromatic N) is 2. The third-order valence-electron chi connectivity index (χ3n) is 3.35. The van der Waals surface area contributed by atoms with Crippen LogP contribution in [0.5, 0.6) is 0 Å². The number of aliphatic hydroxyl groups is 1. The van der Waals surface area contributed by atoms with Crippen LogP contribution in [0.15, 0.2) is 30.3 Å². The Morgan fingerprint density at radius 2 is 2.10 bits per heavy atom. The van der Waals surface area contributed by atoms with Gasteiger partial charge in [-0.1, -0.05) is 35.9 Å². The van der Waals surface area contributed by atoms with Gasteiger partial charge in [-0.25, -0.2) is 4.98 Å². The van der Waals surface area contributed by atoms with Crippen molar-refractivity contribution in [3.63, 3.8) is 0 Å². The summed E-state index contributed by atoms with van der Waals surface area (Å²) in [5, 5.41) is 11.0. The molecule has 21 heavy (non-hydrogen) atoms. The summed E-state index contributed by atoms with van der Waals surface area (Å²) in [6, 6.07) is 9.38. The Balaban J connectivity index is 2.37. The topological polar surface area (TPSA) is 53.4 Å². The summed E-state index contributed by atoms with van der Waals surface area (Å²) in [4.78, 5) is 18.5. The lowest BCUT2D eigenvalue weighted by molar-refractivity contribution is 0.0687. The second-order valence-electron chi connectivity index (χ2n) is 5.19. The molecule has 0 aliphatic rings. The van der Waals surface area contributed by atoms with Crippen molar-refractivity contribution in [3.05, 3.63) is 41.2 Å². The number of benzene rings is 1. The van der Waals surface area contributed by atoms with Gasteiger partial charge < -0.3 is 10.0 Å². The predicted octanol–water partition coefficient (Wildman–Crippen LogP) is 3.12. The van der Waals surface area contributed by atoms with E-state index >= 15 is 0 Å². The fourth-order valence-electron chi connectivity index (χ4n) is 2.25. The minimum Gasteiger partial charge on any atom is -0.396 e. The number of carbonyl (C=O) groups is 1. The summed E-state index contributed by atoms with van der Waals surface area (Å²) >= 11 is 6.17. The molecule has 1 aromatic heterocycles. The van der Waals surface area contributed by atoms with Crippen molar-refractivity contribution >= 4 is 28.3 Å². The molecule has 0 aliphatic carbocycles. The molecular formula is C16H19ClN2O2. The van der Waals surface area contributed by atoms with E-state index in [-0.39, 0.29) is 18.6 Å². The third kappa shape index (κ3) is 3.52. The molecule has 112 valence electrons. The molecular weight excluding hydrogens is 288 g/mol. The normalized spacial score (nSPS) is 11.1. The molecule has 0 saturated heterocycles. The fourth-order valence-corrected chi connectivity index (χ4v) is 2.51. The molecule has 1 aromatic carbocycles. The van der Waals surface area contributed by atoms with E-state index in [9.17, 15) is 4.79 Å². The zero-order chi connectivity index (χ0) is 15.4. The molecule has 0 atom stereocenters. The highest BCUT2D eigenvalue weighted by Gasteiger charge is 2.20. The summed E-state index contributed by atoms with van der Waals surface area (Å²) in [5.41, 5.74) is 0.338. The van der Waals surface area contributed by atoms with Crippen LogP contribution in [0.25, 0.3) is 10.8 Å². The molecule has 2 aromatic rings. The largest absolute Gasteiger partial charge is 0.396 e. The van der Waals surface area contributed by atoms with E-state index in [1.54, 1.807) is 11.0 Å². The number of pyridine rings is 1. The van der Waals surface area contributed by atoms with Crippen LogP contribution in [-0.2, 0) is 0 Å². The number of amides is 1. The maximum Gasteiger partial charge on any atom is 0.272 e. The third-order valence-corrected chi connectivity index (χ3v) is 3.64. The smallest absolute Gasteiger partial charge is 0.272 e. The molecule has 4 nitrogen and oxygen atoms in total. The van der Waals surface area contributed by atoms with Crippen LogP contribution in [-0.4, -0.2) is 40.1 Å². The Labute approximate surface area is 129 Å². The first-order chi connectivity index (χ1) is 10.0. The van der Waals surface area contributed by atoms with Crippen LogP contribution in [0.4, 0.5) is 0 Å². The van der Waals surface area contributed by atoms with E-state index in [0.29, 0.717) is 23.8 Å². The first-order valence-electron chi connectivity index (χ1n) is 7.01. The number of halogens is 1. The number of hydrogen-bond acceptors (Lipinski definition) is 3. The van der Waals surface area contributed by atoms with Crippen LogP contribution >= 0.6 is 11.6 Å². The van der Waals surface area contributed by atoms with Crippen molar-refractivity contribution < 1.29 is 9.90 Å². The van der Waals surface area contributed by atoms with Crippen molar-refractivity contribution in [2.24, 2.45) is 0 Å². The van der Waals surface area contributed by atoms with E-state index in [1.807, 2.05) is 38.1 Å². The van der Waals surface area contributed by atoms with Crippen LogP contribution in [0.2, 0.25) is 5.15 Å². The summed E-state index contributed by atoms with van der Waals surface area (Å²) in [5.74, 6) is -0.161. The van der Waals surface area contributed by atoms with Crippen molar-refractivity contribution in [1.29, 1.82) is 0 Å². The zero-order valence-corrected chi connectivity index (χ0v) is 13.0. The quantitative estimate of drug-likeness (QED) is 0.864. The highest BCUT2D eigenvalue weighted by Crippen LogP contribution is 2.23.